The van der Waals surface area contributed by atoms with Gasteiger partial charge in [0.25, 0.3) is 5.69 Å². The highest BCUT2D eigenvalue weighted by Crippen LogP contribution is 2.43. The van der Waals surface area contributed by atoms with Crippen molar-refractivity contribution in [1.82, 2.24) is 0 Å². The number of hydrogen-bond donors (Lipinski definition) is 0. The van der Waals surface area contributed by atoms with Crippen molar-refractivity contribution in [2.75, 3.05) is 0 Å². The third-order valence-corrected chi connectivity index (χ3v) is 5.24. The number of carbonyl (C=O) groups is 2. The van der Waals surface area contributed by atoms with Crippen LogP contribution < -0.4 is 4.74 Å². The lowest BCUT2D eigenvalue weighted by atomic mass is 9.66. The van der Waals surface area contributed by atoms with Crippen LogP contribution in [0.3, 0.4) is 0 Å². The molecule has 27 heavy (non-hydrogen) atoms. The largest absolute Gasteiger partial charge is 0.426 e. The van der Waals surface area contributed by atoms with E-state index in [0.717, 1.165) is 12.8 Å². The summed E-state index contributed by atoms with van der Waals surface area (Å²) in [5.74, 6) is -0.385. The smallest absolute Gasteiger partial charge is 0.312 e. The number of ketones is 1. The van der Waals surface area contributed by atoms with E-state index in [1.165, 1.54) is 24.3 Å². The molecule has 140 valence electrons. The zero-order valence-corrected chi connectivity index (χ0v) is 15.3. The Morgan fingerprint density at radius 1 is 1.15 bits per heavy atom. The maximum absolute atomic E-state index is 12.8. The van der Waals surface area contributed by atoms with Crippen molar-refractivity contribution in [3.8, 4) is 5.75 Å². The average Bonchev–Trinajstić information content (AvgIpc) is 2.64. The van der Waals surface area contributed by atoms with Gasteiger partial charge in [-0.3, -0.25) is 19.7 Å². The average molecular weight is 388 g/mol. The molecule has 1 saturated carbocycles. The molecule has 0 bridgehead atoms. The van der Waals surface area contributed by atoms with Gasteiger partial charge in [-0.2, -0.15) is 0 Å². The summed E-state index contributed by atoms with van der Waals surface area (Å²) in [6.45, 7) is 0. The van der Waals surface area contributed by atoms with Gasteiger partial charge in [0, 0.05) is 23.6 Å². The summed E-state index contributed by atoms with van der Waals surface area (Å²) < 4.78 is 5.33. The second-order valence-electron chi connectivity index (χ2n) is 6.59. The zero-order valence-electron chi connectivity index (χ0n) is 14.5. The Balaban J connectivity index is 1.84. The maximum atomic E-state index is 12.8. The molecular weight excluding hydrogens is 370 g/mol. The van der Waals surface area contributed by atoms with E-state index in [1.807, 2.05) is 0 Å². The summed E-state index contributed by atoms with van der Waals surface area (Å²) in [6, 6.07) is 12.3. The molecule has 0 saturated heterocycles. The van der Waals surface area contributed by atoms with Crippen LogP contribution in [0.25, 0.3) is 0 Å². The Bertz CT molecular complexity index is 880. The molecule has 0 amide bonds. The zero-order chi connectivity index (χ0) is 19.4. The number of non-ortho nitro benzene ring substituents is 1. The fraction of sp³-hybridized carbons (Fsp3) is 0.300. The second-order valence-corrected chi connectivity index (χ2v) is 7.00. The highest BCUT2D eigenvalue weighted by molar-refractivity contribution is 6.31. The molecule has 0 aromatic heterocycles. The van der Waals surface area contributed by atoms with Gasteiger partial charge in [0.1, 0.15) is 11.5 Å². The molecule has 3 rings (SSSR count). The summed E-state index contributed by atoms with van der Waals surface area (Å²) in [5, 5.41) is 11.2. The van der Waals surface area contributed by atoms with Crippen LogP contribution in [0.1, 0.15) is 37.7 Å². The number of nitro groups is 1. The highest BCUT2D eigenvalue weighted by Gasteiger charge is 2.44. The number of nitrogens with zero attached hydrogens (tertiary/aromatic N) is 1. The van der Waals surface area contributed by atoms with Gasteiger partial charge in [-0.15, -0.1) is 0 Å². The molecule has 1 aliphatic rings. The predicted octanol–water partition coefficient (Wildman–Crippen LogP) is 4.62. The van der Waals surface area contributed by atoms with Crippen molar-refractivity contribution in [1.29, 1.82) is 0 Å². The lowest BCUT2D eigenvalue weighted by molar-refractivity contribution is -0.384. The minimum atomic E-state index is -0.992. The predicted molar refractivity (Wildman–Crippen MR) is 100.0 cm³/mol. The van der Waals surface area contributed by atoms with Gasteiger partial charge in [-0.25, -0.2) is 0 Å². The maximum Gasteiger partial charge on any atom is 0.312 e. The number of halogens is 1. The van der Waals surface area contributed by atoms with Gasteiger partial charge >= 0.3 is 5.97 Å². The van der Waals surface area contributed by atoms with E-state index in [0.29, 0.717) is 23.4 Å². The van der Waals surface area contributed by atoms with Gasteiger partial charge < -0.3 is 4.74 Å². The highest BCUT2D eigenvalue weighted by atomic mass is 35.5. The first-order valence-corrected chi connectivity index (χ1v) is 9.04. The number of nitro benzene ring substituents is 1. The Hall–Kier alpha value is -2.73. The van der Waals surface area contributed by atoms with Crippen LogP contribution in [0.15, 0.2) is 48.5 Å². The van der Waals surface area contributed by atoms with Crippen molar-refractivity contribution in [3.63, 3.8) is 0 Å². The number of esters is 1. The summed E-state index contributed by atoms with van der Waals surface area (Å²) in [7, 11) is 0. The molecule has 1 unspecified atom stereocenters. The van der Waals surface area contributed by atoms with Crippen LogP contribution in [0.4, 0.5) is 5.69 Å². The fourth-order valence-electron chi connectivity index (χ4n) is 3.56. The summed E-state index contributed by atoms with van der Waals surface area (Å²) >= 11 is 6.33. The third-order valence-electron chi connectivity index (χ3n) is 4.91. The van der Waals surface area contributed by atoms with Crippen molar-refractivity contribution in [2.45, 2.75) is 37.5 Å². The molecular formula is C20H18ClNO5. The van der Waals surface area contributed by atoms with Gasteiger partial charge in [0.2, 0.25) is 0 Å². The van der Waals surface area contributed by atoms with Crippen LogP contribution >= 0.6 is 11.6 Å². The van der Waals surface area contributed by atoms with Crippen molar-refractivity contribution in [2.24, 2.45) is 0 Å². The Morgan fingerprint density at radius 2 is 1.85 bits per heavy atom. The van der Waals surface area contributed by atoms with E-state index in [4.69, 9.17) is 16.3 Å². The van der Waals surface area contributed by atoms with Crippen LogP contribution in [0, 0.1) is 10.1 Å². The van der Waals surface area contributed by atoms with Crippen LogP contribution in [-0.2, 0) is 15.0 Å². The molecule has 0 N–H and O–H groups in total. The molecule has 1 fully saturated rings. The first kappa shape index (κ1) is 19.0. The summed E-state index contributed by atoms with van der Waals surface area (Å²) in [4.78, 5) is 35.6. The summed E-state index contributed by atoms with van der Waals surface area (Å²) in [5.41, 5.74) is -0.434. The standard InChI is InChI=1S/C20H18ClNO5/c21-17-6-2-1-5-16(17)20(12-4-3-7-18(20)23)13-19(24)27-15-10-8-14(9-11-15)22(25)26/h1-2,5-6,8-11H,3-4,7,12-13H2. The number of carbonyl (C=O) groups excluding carboxylic acids is 2. The van der Waals surface area contributed by atoms with E-state index >= 15 is 0 Å². The van der Waals surface area contributed by atoms with E-state index in [2.05, 4.69) is 0 Å². The Kier molecular flexibility index (Phi) is 5.56. The van der Waals surface area contributed by atoms with E-state index in [9.17, 15) is 19.7 Å². The molecule has 2 aromatic carbocycles. The molecule has 0 aliphatic heterocycles. The molecule has 7 heteroatoms. The monoisotopic (exact) mass is 387 g/mol. The van der Waals surface area contributed by atoms with Gasteiger partial charge in [-0.1, -0.05) is 36.2 Å². The molecule has 2 aromatic rings. The SMILES string of the molecule is O=C(CC1(c2ccccc2Cl)CCCCC1=O)Oc1ccc([N+](=O)[O-])cc1. The second kappa shape index (κ2) is 7.88. The van der Waals surface area contributed by atoms with E-state index in [1.54, 1.807) is 24.3 Å². The number of hydrogen-bond acceptors (Lipinski definition) is 5. The van der Waals surface area contributed by atoms with Crippen molar-refractivity contribution >= 4 is 29.0 Å². The molecule has 1 aliphatic carbocycles. The number of rotatable bonds is 5. The molecule has 0 heterocycles. The first-order valence-electron chi connectivity index (χ1n) is 8.66. The molecule has 6 nitrogen and oxygen atoms in total. The van der Waals surface area contributed by atoms with Gasteiger partial charge in [0.15, 0.2) is 0 Å². The van der Waals surface area contributed by atoms with Gasteiger partial charge in [-0.05, 0) is 36.6 Å². The first-order chi connectivity index (χ1) is 12.9. The minimum absolute atomic E-state index is 0.0116. The third kappa shape index (κ3) is 4.01. The molecule has 1 atom stereocenters. The molecule has 0 radical (unpaired) electrons. The van der Waals surface area contributed by atoms with Crippen molar-refractivity contribution < 1.29 is 19.2 Å². The quantitative estimate of drug-likeness (QED) is 0.323. The van der Waals surface area contributed by atoms with Crippen LogP contribution in [0.2, 0.25) is 5.02 Å². The van der Waals surface area contributed by atoms with E-state index < -0.39 is 16.3 Å². The minimum Gasteiger partial charge on any atom is -0.426 e. The van der Waals surface area contributed by atoms with E-state index in [-0.39, 0.29) is 23.6 Å². The van der Waals surface area contributed by atoms with Crippen LogP contribution in [-0.4, -0.2) is 16.7 Å². The molecule has 0 spiro atoms. The van der Waals surface area contributed by atoms with Crippen LogP contribution in [0.5, 0.6) is 5.75 Å². The normalized spacial score (nSPS) is 19.5. The number of Topliss-reactive ketones (excluding diaryl/α,β-unsaturated/α-hetero) is 1. The lowest BCUT2D eigenvalue weighted by Gasteiger charge is -2.36. The lowest BCUT2D eigenvalue weighted by Crippen LogP contribution is -2.41. The fourth-order valence-corrected chi connectivity index (χ4v) is 3.87. The Morgan fingerprint density at radius 3 is 2.48 bits per heavy atom. The summed E-state index contributed by atoms with van der Waals surface area (Å²) in [6.07, 6.45) is 2.43. The topological polar surface area (TPSA) is 86.5 Å². The van der Waals surface area contributed by atoms with Gasteiger partial charge in [0.05, 0.1) is 16.8 Å². The number of benzene rings is 2. The Labute approximate surface area is 161 Å². The number of ether oxygens (including phenoxy) is 1. The van der Waals surface area contributed by atoms with Crippen molar-refractivity contribution in [3.05, 3.63) is 69.2 Å².